The molecular formula is C27H31N9O2. The lowest BCUT2D eigenvalue weighted by Gasteiger charge is -2.34. The van der Waals surface area contributed by atoms with Crippen molar-refractivity contribution < 1.29 is 9.90 Å². The Morgan fingerprint density at radius 1 is 1.11 bits per heavy atom. The number of amides is 1. The van der Waals surface area contributed by atoms with E-state index in [4.69, 9.17) is 0 Å². The molecule has 0 atom stereocenters. The van der Waals surface area contributed by atoms with Crippen LogP contribution in [0.15, 0.2) is 42.9 Å². The fraction of sp³-hybridized carbons (Fsp3) is 0.370. The number of anilines is 3. The molecule has 1 saturated heterocycles. The summed E-state index contributed by atoms with van der Waals surface area (Å²) in [5.41, 5.74) is 3.96. The van der Waals surface area contributed by atoms with E-state index in [1.165, 1.54) is 6.33 Å². The summed E-state index contributed by atoms with van der Waals surface area (Å²) in [4.78, 5) is 39.3. The Morgan fingerprint density at radius 2 is 1.92 bits per heavy atom. The fourth-order valence-electron chi connectivity index (χ4n) is 4.86. The molecule has 196 valence electrons. The average molecular weight is 514 g/mol. The number of imidazole rings is 1. The Kier molecular flexibility index (Phi) is 6.28. The lowest BCUT2D eigenvalue weighted by molar-refractivity contribution is -0.134. The first kappa shape index (κ1) is 24.1. The van der Waals surface area contributed by atoms with Crippen LogP contribution in [-0.4, -0.2) is 86.0 Å². The molecule has 1 aliphatic carbocycles. The number of carbonyl (C=O) groups excluding carboxylic acids is 1. The van der Waals surface area contributed by atoms with Crippen LogP contribution in [-0.2, 0) is 11.3 Å². The first-order valence-corrected chi connectivity index (χ1v) is 12.9. The molecule has 0 bridgehead atoms. The zero-order valence-electron chi connectivity index (χ0n) is 21.6. The second-order valence-electron chi connectivity index (χ2n) is 10.2. The molecule has 38 heavy (non-hydrogen) atoms. The van der Waals surface area contributed by atoms with Crippen molar-refractivity contribution in [1.82, 2.24) is 34.7 Å². The van der Waals surface area contributed by atoms with Gasteiger partial charge in [-0.15, -0.1) is 0 Å². The minimum absolute atomic E-state index is 0.0339. The molecule has 6 rings (SSSR count). The van der Waals surface area contributed by atoms with E-state index in [0.29, 0.717) is 29.2 Å². The molecule has 0 spiro atoms. The van der Waals surface area contributed by atoms with Gasteiger partial charge < -0.3 is 25.2 Å². The third-order valence-corrected chi connectivity index (χ3v) is 7.07. The van der Waals surface area contributed by atoms with Gasteiger partial charge in [0.15, 0.2) is 11.6 Å². The quantitative estimate of drug-likeness (QED) is 0.342. The highest BCUT2D eigenvalue weighted by atomic mass is 16.3. The molecule has 0 unspecified atom stereocenters. The van der Waals surface area contributed by atoms with E-state index in [9.17, 15) is 9.90 Å². The SMILES string of the molecule is CN(C)c1ncnc(-c2ccc3nc(Nc4cc(CN5CCN(C(=O)C6CC6)CC5)ccn4)[nH]c3c2)c1O. The van der Waals surface area contributed by atoms with Crippen LogP contribution in [0.2, 0.25) is 0 Å². The summed E-state index contributed by atoms with van der Waals surface area (Å²) >= 11 is 0. The number of aromatic amines is 1. The van der Waals surface area contributed by atoms with E-state index < -0.39 is 0 Å². The smallest absolute Gasteiger partial charge is 0.225 e. The van der Waals surface area contributed by atoms with Crippen molar-refractivity contribution in [3.8, 4) is 17.0 Å². The predicted molar refractivity (Wildman–Crippen MR) is 145 cm³/mol. The van der Waals surface area contributed by atoms with Crippen LogP contribution in [0.5, 0.6) is 5.75 Å². The molecule has 3 aromatic heterocycles. The van der Waals surface area contributed by atoms with E-state index in [1.807, 2.05) is 49.3 Å². The molecule has 3 N–H and O–H groups in total. The molecule has 11 heteroatoms. The largest absolute Gasteiger partial charge is 0.503 e. The van der Waals surface area contributed by atoms with Crippen molar-refractivity contribution in [2.75, 3.05) is 50.5 Å². The number of H-pyrrole nitrogens is 1. The Morgan fingerprint density at radius 3 is 2.68 bits per heavy atom. The number of piperazine rings is 1. The highest BCUT2D eigenvalue weighted by molar-refractivity contribution is 5.85. The number of hydrogen-bond donors (Lipinski definition) is 3. The number of rotatable bonds is 7. The monoisotopic (exact) mass is 513 g/mol. The Bertz CT molecular complexity index is 1470. The van der Waals surface area contributed by atoms with E-state index in [2.05, 4.69) is 35.1 Å². The van der Waals surface area contributed by atoms with Crippen molar-refractivity contribution >= 4 is 34.5 Å². The Hall–Kier alpha value is -4.25. The van der Waals surface area contributed by atoms with Crippen LogP contribution in [0, 0.1) is 5.92 Å². The number of nitrogens with zero attached hydrogens (tertiary/aromatic N) is 7. The van der Waals surface area contributed by atoms with E-state index in [1.54, 1.807) is 11.1 Å². The topological polar surface area (TPSA) is 126 Å². The van der Waals surface area contributed by atoms with Crippen molar-refractivity contribution in [3.63, 3.8) is 0 Å². The van der Waals surface area contributed by atoms with E-state index in [-0.39, 0.29) is 11.7 Å². The maximum atomic E-state index is 12.3. The number of benzene rings is 1. The van der Waals surface area contributed by atoms with Gasteiger partial charge in [-0.1, -0.05) is 6.07 Å². The average Bonchev–Trinajstić information content (AvgIpc) is 3.69. The first-order valence-electron chi connectivity index (χ1n) is 12.9. The van der Waals surface area contributed by atoms with Gasteiger partial charge in [-0.05, 0) is 42.7 Å². The van der Waals surface area contributed by atoms with Crippen LogP contribution in [0.1, 0.15) is 18.4 Å². The number of aromatic hydroxyl groups is 1. The van der Waals surface area contributed by atoms with Gasteiger partial charge in [-0.3, -0.25) is 9.69 Å². The van der Waals surface area contributed by atoms with E-state index in [0.717, 1.165) is 67.7 Å². The fourth-order valence-corrected chi connectivity index (χ4v) is 4.86. The van der Waals surface area contributed by atoms with Gasteiger partial charge in [0.05, 0.1) is 11.0 Å². The molecule has 4 aromatic rings. The van der Waals surface area contributed by atoms with Crippen molar-refractivity contribution in [2.45, 2.75) is 19.4 Å². The summed E-state index contributed by atoms with van der Waals surface area (Å²) in [6.07, 6.45) is 5.36. The van der Waals surface area contributed by atoms with Crippen LogP contribution < -0.4 is 10.2 Å². The standard InChI is InChI=1S/C27H31N9O2/c1-34(2)25-24(37)23(29-16-30-25)19-5-6-20-21(14-19)32-27(31-20)33-22-13-17(7-8-28-22)15-35-9-11-36(12-10-35)26(38)18-3-4-18/h5-8,13-14,16,18,37H,3-4,9-12,15H2,1-2H3,(H2,28,31,32,33). The van der Waals surface area contributed by atoms with Crippen molar-refractivity contribution in [1.29, 1.82) is 0 Å². The molecule has 1 saturated carbocycles. The number of carbonyl (C=O) groups is 1. The maximum absolute atomic E-state index is 12.3. The van der Waals surface area contributed by atoms with Gasteiger partial charge >= 0.3 is 0 Å². The maximum Gasteiger partial charge on any atom is 0.225 e. The summed E-state index contributed by atoms with van der Waals surface area (Å²) in [6.45, 7) is 4.18. The highest BCUT2D eigenvalue weighted by Crippen LogP contribution is 2.34. The predicted octanol–water partition coefficient (Wildman–Crippen LogP) is 2.98. The second kappa shape index (κ2) is 9.90. The molecule has 2 fully saturated rings. The number of hydrogen-bond acceptors (Lipinski definition) is 9. The molecule has 0 radical (unpaired) electrons. The summed E-state index contributed by atoms with van der Waals surface area (Å²) in [7, 11) is 3.64. The Balaban J connectivity index is 1.13. The molecule has 1 aliphatic heterocycles. The Labute approximate surface area is 220 Å². The molecule has 1 amide bonds. The number of fused-ring (bicyclic) bond motifs is 1. The number of aromatic nitrogens is 5. The van der Waals surface area contributed by atoms with Crippen LogP contribution >= 0.6 is 0 Å². The molecule has 4 heterocycles. The molecule has 11 nitrogen and oxygen atoms in total. The van der Waals surface area contributed by atoms with Crippen molar-refractivity contribution in [3.05, 3.63) is 48.4 Å². The van der Waals surface area contributed by atoms with Crippen molar-refractivity contribution in [2.24, 2.45) is 5.92 Å². The summed E-state index contributed by atoms with van der Waals surface area (Å²) < 4.78 is 0. The summed E-state index contributed by atoms with van der Waals surface area (Å²) in [6, 6.07) is 9.73. The number of nitrogens with one attached hydrogen (secondary N) is 2. The van der Waals surface area contributed by atoms with Crippen LogP contribution in [0.4, 0.5) is 17.6 Å². The van der Waals surface area contributed by atoms with Gasteiger partial charge in [-0.2, -0.15) is 0 Å². The van der Waals surface area contributed by atoms with Gasteiger partial charge in [0, 0.05) is 64.5 Å². The minimum Gasteiger partial charge on any atom is -0.503 e. The molecule has 2 aliphatic rings. The third-order valence-electron chi connectivity index (χ3n) is 7.07. The highest BCUT2D eigenvalue weighted by Gasteiger charge is 2.34. The normalized spacial score (nSPS) is 16.1. The zero-order valence-corrected chi connectivity index (χ0v) is 21.6. The van der Waals surface area contributed by atoms with Crippen LogP contribution in [0.25, 0.3) is 22.3 Å². The first-order chi connectivity index (χ1) is 18.4. The van der Waals surface area contributed by atoms with Gasteiger partial charge in [-0.25, -0.2) is 19.9 Å². The van der Waals surface area contributed by atoms with Crippen LogP contribution in [0.3, 0.4) is 0 Å². The third kappa shape index (κ3) is 4.97. The number of pyridine rings is 1. The zero-order chi connectivity index (χ0) is 26.2. The van der Waals surface area contributed by atoms with Gasteiger partial charge in [0.2, 0.25) is 11.9 Å². The molecular weight excluding hydrogens is 482 g/mol. The van der Waals surface area contributed by atoms with Gasteiger partial charge in [0.25, 0.3) is 0 Å². The lowest BCUT2D eigenvalue weighted by atomic mass is 10.1. The lowest BCUT2D eigenvalue weighted by Crippen LogP contribution is -2.48. The molecule has 1 aromatic carbocycles. The van der Waals surface area contributed by atoms with Gasteiger partial charge in [0.1, 0.15) is 17.8 Å². The second-order valence-corrected chi connectivity index (χ2v) is 10.2. The minimum atomic E-state index is 0.0339. The summed E-state index contributed by atoms with van der Waals surface area (Å²) in [5.74, 6) is 2.40. The summed E-state index contributed by atoms with van der Waals surface area (Å²) in [5, 5.41) is 13.9. The van der Waals surface area contributed by atoms with E-state index >= 15 is 0 Å².